The summed E-state index contributed by atoms with van der Waals surface area (Å²) >= 11 is 0. The van der Waals surface area contributed by atoms with Gasteiger partial charge in [0.2, 0.25) is 0 Å². The Morgan fingerprint density at radius 1 is 1.00 bits per heavy atom. The molecule has 0 fully saturated rings. The molecule has 0 aromatic heterocycles. The van der Waals surface area contributed by atoms with E-state index in [0.29, 0.717) is 5.56 Å². The first kappa shape index (κ1) is 14.7. The van der Waals surface area contributed by atoms with E-state index in [0.717, 1.165) is 43.2 Å². The number of carbonyl (C=O) groups is 1. The van der Waals surface area contributed by atoms with Crippen molar-refractivity contribution in [3.8, 4) is 0 Å². The number of hydrogen-bond donors (Lipinski definition) is 1. The summed E-state index contributed by atoms with van der Waals surface area (Å²) in [7, 11) is 0. The van der Waals surface area contributed by atoms with Gasteiger partial charge in [0.15, 0.2) is 0 Å². The lowest BCUT2D eigenvalue weighted by atomic mass is 9.86. The van der Waals surface area contributed by atoms with E-state index in [9.17, 15) is 9.90 Å². The fraction of sp³-hybridized carbons (Fsp3) is 0.562. The Hall–Kier alpha value is -1.31. The van der Waals surface area contributed by atoms with Gasteiger partial charge in [-0.2, -0.15) is 0 Å². The number of rotatable bonds is 6. The van der Waals surface area contributed by atoms with Crippen LogP contribution in [0.3, 0.4) is 0 Å². The highest BCUT2D eigenvalue weighted by Gasteiger charge is 2.19. The zero-order valence-electron chi connectivity index (χ0n) is 12.0. The Kier molecular flexibility index (Phi) is 5.39. The van der Waals surface area contributed by atoms with E-state index in [1.807, 2.05) is 6.92 Å². The van der Waals surface area contributed by atoms with Crippen molar-refractivity contribution in [2.24, 2.45) is 0 Å². The summed E-state index contributed by atoms with van der Waals surface area (Å²) in [5.74, 6) is -0.776. The Morgan fingerprint density at radius 3 is 2.00 bits per heavy atom. The van der Waals surface area contributed by atoms with Crippen LogP contribution in [0, 0.1) is 0 Å². The standard InChI is InChI=1S/C16H24O2/c1-5-9-12-10-11(6-2)15(16(17)18)14(8-4)13(12)7-3/h10H,5-9H2,1-4H3,(H,17,18). The molecule has 0 radical (unpaired) electrons. The van der Waals surface area contributed by atoms with Crippen LogP contribution >= 0.6 is 0 Å². The lowest BCUT2D eigenvalue weighted by molar-refractivity contribution is 0.0694. The van der Waals surface area contributed by atoms with Crippen molar-refractivity contribution in [3.05, 3.63) is 33.9 Å². The van der Waals surface area contributed by atoms with Crippen molar-refractivity contribution in [2.45, 2.75) is 59.8 Å². The molecule has 0 atom stereocenters. The maximum absolute atomic E-state index is 11.5. The number of aromatic carboxylic acids is 1. The number of benzene rings is 1. The second-order valence-electron chi connectivity index (χ2n) is 4.64. The van der Waals surface area contributed by atoms with Gasteiger partial charge in [-0.1, -0.05) is 40.2 Å². The zero-order chi connectivity index (χ0) is 13.7. The van der Waals surface area contributed by atoms with Crippen LogP contribution in [-0.4, -0.2) is 11.1 Å². The van der Waals surface area contributed by atoms with Crippen molar-refractivity contribution >= 4 is 5.97 Å². The normalized spacial score (nSPS) is 10.7. The molecule has 1 rings (SSSR count). The minimum atomic E-state index is -0.776. The van der Waals surface area contributed by atoms with Gasteiger partial charge in [0.05, 0.1) is 5.56 Å². The van der Waals surface area contributed by atoms with Gasteiger partial charge in [0.25, 0.3) is 0 Å². The third kappa shape index (κ3) is 2.74. The molecule has 0 spiro atoms. The van der Waals surface area contributed by atoms with Crippen molar-refractivity contribution in [2.75, 3.05) is 0 Å². The molecule has 0 aliphatic heterocycles. The predicted octanol–water partition coefficient (Wildman–Crippen LogP) is 4.02. The number of hydrogen-bond acceptors (Lipinski definition) is 1. The minimum absolute atomic E-state index is 0.553. The molecular weight excluding hydrogens is 224 g/mol. The van der Waals surface area contributed by atoms with Crippen molar-refractivity contribution < 1.29 is 9.90 Å². The van der Waals surface area contributed by atoms with E-state index in [2.05, 4.69) is 26.8 Å². The number of carboxylic acid groups (broad SMARTS) is 1. The quantitative estimate of drug-likeness (QED) is 0.825. The summed E-state index contributed by atoms with van der Waals surface area (Å²) < 4.78 is 0. The van der Waals surface area contributed by atoms with Gasteiger partial charge in [-0.25, -0.2) is 4.79 Å². The average molecular weight is 248 g/mol. The summed E-state index contributed by atoms with van der Waals surface area (Å²) in [6.07, 6.45) is 4.66. The van der Waals surface area contributed by atoms with Crippen molar-refractivity contribution in [3.63, 3.8) is 0 Å². The van der Waals surface area contributed by atoms with E-state index in [1.54, 1.807) is 0 Å². The molecule has 0 aliphatic rings. The molecule has 2 heteroatoms. The molecule has 0 saturated heterocycles. The molecule has 2 nitrogen and oxygen atoms in total. The van der Waals surface area contributed by atoms with Gasteiger partial charge >= 0.3 is 5.97 Å². The molecule has 0 bridgehead atoms. The molecule has 18 heavy (non-hydrogen) atoms. The molecule has 0 unspecified atom stereocenters. The smallest absolute Gasteiger partial charge is 0.336 e. The van der Waals surface area contributed by atoms with Crippen LogP contribution in [0.15, 0.2) is 6.07 Å². The summed E-state index contributed by atoms with van der Waals surface area (Å²) in [5.41, 5.74) is 5.19. The molecule has 0 aliphatic carbocycles. The minimum Gasteiger partial charge on any atom is -0.478 e. The highest BCUT2D eigenvalue weighted by Crippen LogP contribution is 2.26. The fourth-order valence-corrected chi connectivity index (χ4v) is 2.78. The summed E-state index contributed by atoms with van der Waals surface area (Å²) in [6.45, 7) is 8.37. The first-order chi connectivity index (χ1) is 8.60. The fourth-order valence-electron chi connectivity index (χ4n) is 2.78. The summed E-state index contributed by atoms with van der Waals surface area (Å²) in [6, 6.07) is 2.12. The van der Waals surface area contributed by atoms with E-state index < -0.39 is 5.97 Å². The molecule has 1 aromatic rings. The highest BCUT2D eigenvalue weighted by molar-refractivity contribution is 5.92. The average Bonchev–Trinajstić information content (AvgIpc) is 2.36. The molecule has 0 heterocycles. The van der Waals surface area contributed by atoms with Crippen LogP contribution in [0.4, 0.5) is 0 Å². The van der Waals surface area contributed by atoms with Gasteiger partial charge in [0, 0.05) is 0 Å². The van der Waals surface area contributed by atoms with E-state index >= 15 is 0 Å². The number of carboxylic acids is 1. The topological polar surface area (TPSA) is 37.3 Å². The zero-order valence-corrected chi connectivity index (χ0v) is 12.0. The van der Waals surface area contributed by atoms with Crippen LogP contribution in [0.25, 0.3) is 0 Å². The van der Waals surface area contributed by atoms with Crippen LogP contribution in [-0.2, 0) is 25.7 Å². The van der Waals surface area contributed by atoms with Gasteiger partial charge in [0.1, 0.15) is 0 Å². The number of aryl methyl sites for hydroxylation is 2. The summed E-state index contributed by atoms with van der Waals surface area (Å²) in [5, 5.41) is 9.45. The Morgan fingerprint density at radius 2 is 1.61 bits per heavy atom. The monoisotopic (exact) mass is 248 g/mol. The van der Waals surface area contributed by atoms with Crippen LogP contribution in [0.2, 0.25) is 0 Å². The maximum atomic E-state index is 11.5. The van der Waals surface area contributed by atoms with E-state index in [-0.39, 0.29) is 0 Å². The first-order valence-corrected chi connectivity index (χ1v) is 7.00. The lowest BCUT2D eigenvalue weighted by Crippen LogP contribution is -2.12. The predicted molar refractivity (Wildman–Crippen MR) is 75.5 cm³/mol. The van der Waals surface area contributed by atoms with Gasteiger partial charge in [-0.3, -0.25) is 0 Å². The van der Waals surface area contributed by atoms with Gasteiger partial charge in [-0.15, -0.1) is 0 Å². The molecule has 0 saturated carbocycles. The second-order valence-corrected chi connectivity index (χ2v) is 4.64. The molecule has 100 valence electrons. The Balaban J connectivity index is 3.56. The molecular formula is C16H24O2. The molecule has 1 N–H and O–H groups in total. The van der Waals surface area contributed by atoms with Crippen LogP contribution < -0.4 is 0 Å². The SMILES string of the molecule is CCCc1cc(CC)c(C(=O)O)c(CC)c1CC. The second kappa shape index (κ2) is 6.58. The third-order valence-corrected chi connectivity index (χ3v) is 3.54. The Labute approximate surface area is 110 Å². The third-order valence-electron chi connectivity index (χ3n) is 3.54. The first-order valence-electron chi connectivity index (χ1n) is 7.00. The van der Waals surface area contributed by atoms with Crippen molar-refractivity contribution in [1.29, 1.82) is 0 Å². The van der Waals surface area contributed by atoms with Crippen LogP contribution in [0.1, 0.15) is 66.7 Å². The summed E-state index contributed by atoms with van der Waals surface area (Å²) in [4.78, 5) is 11.5. The molecule has 0 amide bonds. The maximum Gasteiger partial charge on any atom is 0.336 e. The highest BCUT2D eigenvalue weighted by atomic mass is 16.4. The van der Waals surface area contributed by atoms with Gasteiger partial charge in [-0.05, 0) is 47.9 Å². The van der Waals surface area contributed by atoms with E-state index in [1.165, 1.54) is 11.1 Å². The Bertz CT molecular complexity index is 433. The lowest BCUT2D eigenvalue weighted by Gasteiger charge is -2.18. The largest absolute Gasteiger partial charge is 0.478 e. The van der Waals surface area contributed by atoms with E-state index in [4.69, 9.17) is 0 Å². The van der Waals surface area contributed by atoms with Crippen LogP contribution in [0.5, 0.6) is 0 Å². The molecule has 1 aromatic carbocycles. The van der Waals surface area contributed by atoms with Gasteiger partial charge < -0.3 is 5.11 Å². The van der Waals surface area contributed by atoms with Crippen molar-refractivity contribution in [1.82, 2.24) is 0 Å².